The van der Waals surface area contributed by atoms with Gasteiger partial charge in [0, 0.05) is 66.5 Å². The van der Waals surface area contributed by atoms with Crippen LogP contribution < -0.4 is 5.32 Å². The highest BCUT2D eigenvalue weighted by atomic mass is 32.1. The third-order valence-corrected chi connectivity index (χ3v) is 6.36. The van der Waals surface area contributed by atoms with Gasteiger partial charge >= 0.3 is 0 Å². The van der Waals surface area contributed by atoms with Crippen molar-refractivity contribution in [3.05, 3.63) is 62.7 Å². The predicted molar refractivity (Wildman–Crippen MR) is 111 cm³/mol. The van der Waals surface area contributed by atoms with Crippen LogP contribution in [0.25, 0.3) is 0 Å². The molecule has 8 heteroatoms. The topological polar surface area (TPSA) is 84.2 Å². The van der Waals surface area contributed by atoms with Crippen LogP contribution in [0.15, 0.2) is 28.5 Å². The van der Waals surface area contributed by atoms with Gasteiger partial charge < -0.3 is 9.84 Å². The molecule has 3 aromatic rings. The number of carbonyl (C=O) groups excluding carboxylic acids is 1. The molecule has 1 N–H and O–H groups in total. The van der Waals surface area contributed by atoms with Crippen LogP contribution in [0.3, 0.4) is 0 Å². The molecule has 0 fully saturated rings. The van der Waals surface area contributed by atoms with E-state index in [4.69, 9.17) is 4.52 Å². The summed E-state index contributed by atoms with van der Waals surface area (Å²) in [6, 6.07) is -0.00520. The zero-order valence-corrected chi connectivity index (χ0v) is 17.8. The number of aryl methyl sites for hydroxylation is 2. The fourth-order valence-electron chi connectivity index (χ4n) is 3.76. The van der Waals surface area contributed by atoms with Gasteiger partial charge in [-0.3, -0.25) is 19.7 Å². The number of hydrogen-bond acceptors (Lipinski definition) is 7. The van der Waals surface area contributed by atoms with E-state index in [2.05, 4.69) is 25.3 Å². The highest BCUT2D eigenvalue weighted by molar-refractivity contribution is 7.10. The van der Waals surface area contributed by atoms with Gasteiger partial charge in [0.15, 0.2) is 0 Å². The van der Waals surface area contributed by atoms with E-state index in [0.717, 1.165) is 48.8 Å². The molecule has 1 aliphatic heterocycles. The lowest BCUT2D eigenvalue weighted by atomic mass is 10.0. The van der Waals surface area contributed by atoms with Crippen LogP contribution >= 0.6 is 11.3 Å². The first-order valence-corrected chi connectivity index (χ1v) is 10.7. The Hall–Kier alpha value is -2.58. The van der Waals surface area contributed by atoms with Gasteiger partial charge in [-0.15, -0.1) is 11.3 Å². The molecule has 0 aliphatic carbocycles. The summed E-state index contributed by atoms with van der Waals surface area (Å²) in [6.45, 7) is 8.54. The number of nitrogens with one attached hydrogen (secondary N) is 1. The highest BCUT2D eigenvalue weighted by Crippen LogP contribution is 2.30. The van der Waals surface area contributed by atoms with Gasteiger partial charge in [0.1, 0.15) is 5.76 Å². The first-order valence-electron chi connectivity index (χ1n) is 9.80. The van der Waals surface area contributed by atoms with Gasteiger partial charge in [0.25, 0.3) is 5.91 Å². The Balaban J connectivity index is 1.39. The van der Waals surface area contributed by atoms with Gasteiger partial charge in [-0.25, -0.2) is 0 Å². The molecular formula is C21H25N5O2S. The first-order chi connectivity index (χ1) is 14.0. The summed E-state index contributed by atoms with van der Waals surface area (Å²) in [7, 11) is 0. The van der Waals surface area contributed by atoms with Crippen molar-refractivity contribution in [3.8, 4) is 0 Å². The molecule has 0 saturated heterocycles. The number of nitrogens with zero attached hydrogens (tertiary/aromatic N) is 4. The van der Waals surface area contributed by atoms with Crippen LogP contribution in [0.4, 0.5) is 0 Å². The number of aromatic nitrogens is 3. The van der Waals surface area contributed by atoms with E-state index in [1.165, 1.54) is 16.0 Å². The molecule has 0 bridgehead atoms. The Morgan fingerprint density at radius 2 is 2.24 bits per heavy atom. The molecule has 0 saturated carbocycles. The molecule has 0 unspecified atom stereocenters. The van der Waals surface area contributed by atoms with Gasteiger partial charge in [-0.05, 0) is 32.8 Å². The van der Waals surface area contributed by atoms with Crippen LogP contribution in [0.5, 0.6) is 0 Å². The van der Waals surface area contributed by atoms with Gasteiger partial charge in [0.05, 0.1) is 17.0 Å². The largest absolute Gasteiger partial charge is 0.361 e. The van der Waals surface area contributed by atoms with Gasteiger partial charge in [0.2, 0.25) is 0 Å². The summed E-state index contributed by atoms with van der Waals surface area (Å²) in [6.07, 6.45) is 6.61. The van der Waals surface area contributed by atoms with Crippen molar-refractivity contribution >= 4 is 17.2 Å². The van der Waals surface area contributed by atoms with Crippen molar-refractivity contribution in [3.63, 3.8) is 0 Å². The van der Waals surface area contributed by atoms with E-state index in [-0.39, 0.29) is 11.9 Å². The monoisotopic (exact) mass is 411 g/mol. The Bertz CT molecular complexity index is 978. The van der Waals surface area contributed by atoms with Crippen LogP contribution in [0.2, 0.25) is 0 Å². The minimum atomic E-state index is -0.00520. The quantitative estimate of drug-likeness (QED) is 0.671. The van der Waals surface area contributed by atoms with Crippen molar-refractivity contribution in [2.45, 2.75) is 52.7 Å². The fourth-order valence-corrected chi connectivity index (χ4v) is 4.88. The van der Waals surface area contributed by atoms with E-state index >= 15 is 0 Å². The van der Waals surface area contributed by atoms with Crippen molar-refractivity contribution in [2.24, 2.45) is 0 Å². The molecular weight excluding hydrogens is 386 g/mol. The van der Waals surface area contributed by atoms with Gasteiger partial charge in [-0.1, -0.05) is 5.16 Å². The third-order valence-electron chi connectivity index (χ3n) is 5.34. The molecule has 4 rings (SSSR count). The Labute approximate surface area is 174 Å². The molecule has 1 amide bonds. The van der Waals surface area contributed by atoms with Crippen LogP contribution in [-0.2, 0) is 25.9 Å². The van der Waals surface area contributed by atoms with E-state index in [9.17, 15) is 4.79 Å². The smallest absolute Gasteiger partial charge is 0.252 e. The minimum Gasteiger partial charge on any atom is -0.361 e. The predicted octanol–water partition coefficient (Wildman–Crippen LogP) is 3.06. The van der Waals surface area contributed by atoms with Crippen LogP contribution in [0.1, 0.15) is 50.4 Å². The van der Waals surface area contributed by atoms with E-state index < -0.39 is 0 Å². The maximum Gasteiger partial charge on any atom is 0.252 e. The maximum atomic E-state index is 12.8. The van der Waals surface area contributed by atoms with Crippen molar-refractivity contribution < 1.29 is 9.32 Å². The molecule has 29 heavy (non-hydrogen) atoms. The zero-order chi connectivity index (χ0) is 20.4. The summed E-state index contributed by atoms with van der Waals surface area (Å²) in [5.41, 5.74) is 5.00. The second kappa shape index (κ2) is 8.42. The summed E-state index contributed by atoms with van der Waals surface area (Å²) in [4.78, 5) is 24.9. The minimum absolute atomic E-state index is 0.00179. The molecule has 1 aliphatic rings. The van der Waals surface area contributed by atoms with Crippen molar-refractivity contribution in [1.29, 1.82) is 0 Å². The Morgan fingerprint density at radius 3 is 2.97 bits per heavy atom. The molecule has 0 aromatic carbocycles. The molecule has 7 nitrogen and oxygen atoms in total. The second-order valence-corrected chi connectivity index (χ2v) is 8.55. The van der Waals surface area contributed by atoms with Gasteiger partial charge in [-0.2, -0.15) is 0 Å². The summed E-state index contributed by atoms with van der Waals surface area (Å²) >= 11 is 1.67. The normalized spacial score (nSPS) is 15.1. The van der Waals surface area contributed by atoms with E-state index in [1.54, 1.807) is 29.9 Å². The average Bonchev–Trinajstić information content (AvgIpc) is 3.27. The number of amides is 1. The lowest BCUT2D eigenvalue weighted by Gasteiger charge is -2.27. The van der Waals surface area contributed by atoms with E-state index in [1.807, 2.05) is 26.2 Å². The zero-order valence-electron chi connectivity index (χ0n) is 16.9. The SMILES string of the molecule is Cc1noc(C)c1CN1CCc2c(C(=O)N[C@H](C)Cc3cnccn3)csc2C1. The Morgan fingerprint density at radius 1 is 1.38 bits per heavy atom. The fraction of sp³-hybridized carbons (Fsp3) is 0.429. The molecule has 1 atom stereocenters. The highest BCUT2D eigenvalue weighted by Gasteiger charge is 2.25. The van der Waals surface area contributed by atoms with Crippen molar-refractivity contribution in [2.75, 3.05) is 6.54 Å². The third kappa shape index (κ3) is 4.38. The maximum absolute atomic E-state index is 12.8. The second-order valence-electron chi connectivity index (χ2n) is 7.59. The molecule has 3 aromatic heterocycles. The molecule has 0 spiro atoms. The summed E-state index contributed by atoms with van der Waals surface area (Å²) < 4.78 is 5.29. The number of thiophene rings is 1. The number of hydrogen-bond donors (Lipinski definition) is 1. The standard InChI is InChI=1S/C21H25N5O2S/c1-13(8-16-9-22-5-6-23-16)24-21(27)19-12-29-20-11-26(7-4-17(19)20)10-18-14(2)25-28-15(18)3/h5-6,9,12-13H,4,7-8,10-11H2,1-3H3,(H,24,27)/t13-/m1/s1. The number of rotatable bonds is 6. The molecule has 4 heterocycles. The number of fused-ring (bicyclic) bond motifs is 1. The van der Waals surface area contributed by atoms with Crippen LogP contribution in [0, 0.1) is 13.8 Å². The van der Waals surface area contributed by atoms with Crippen LogP contribution in [-0.4, -0.2) is 38.5 Å². The summed E-state index contributed by atoms with van der Waals surface area (Å²) in [5.74, 6) is 0.884. The Kier molecular flexibility index (Phi) is 5.73. The average molecular weight is 412 g/mol. The molecule has 152 valence electrons. The lowest BCUT2D eigenvalue weighted by Crippen LogP contribution is -2.35. The first kappa shape index (κ1) is 19.7. The number of carbonyl (C=O) groups is 1. The molecule has 0 radical (unpaired) electrons. The van der Waals surface area contributed by atoms with E-state index in [0.29, 0.717) is 6.42 Å². The lowest BCUT2D eigenvalue weighted by molar-refractivity contribution is 0.0938. The summed E-state index contributed by atoms with van der Waals surface area (Å²) in [5, 5.41) is 9.15. The van der Waals surface area contributed by atoms with Crippen molar-refractivity contribution in [1.82, 2.24) is 25.3 Å².